The molecule has 2 aliphatic rings. The zero-order valence-electron chi connectivity index (χ0n) is 13.5. The molecule has 2 fully saturated rings. The van der Waals surface area contributed by atoms with E-state index in [1.54, 1.807) is 0 Å². The molecule has 21 heavy (non-hydrogen) atoms. The number of nitrogens with two attached hydrogens (primary N) is 1. The van der Waals surface area contributed by atoms with Crippen LogP contribution in [0.25, 0.3) is 0 Å². The summed E-state index contributed by atoms with van der Waals surface area (Å²) in [7, 11) is 0. The van der Waals surface area contributed by atoms with E-state index in [-0.39, 0.29) is 0 Å². The molecular weight excluding hydrogens is 278 g/mol. The number of rotatable bonds is 4. The topological polar surface area (TPSA) is 42.2 Å². The minimum absolute atomic E-state index is 0.528. The SMILES string of the molecule is CCC(C)c1nc(N2CCCC3CCCCC32)sc1CN. The Morgan fingerprint density at radius 1 is 1.29 bits per heavy atom. The first-order valence-electron chi connectivity index (χ1n) is 8.70. The second kappa shape index (κ2) is 6.66. The van der Waals surface area contributed by atoms with Crippen LogP contribution in [-0.2, 0) is 6.54 Å². The maximum absolute atomic E-state index is 5.97. The summed E-state index contributed by atoms with van der Waals surface area (Å²) in [4.78, 5) is 8.96. The lowest BCUT2D eigenvalue weighted by molar-refractivity contribution is 0.243. The van der Waals surface area contributed by atoms with Crippen molar-refractivity contribution in [1.29, 1.82) is 0 Å². The molecule has 2 heterocycles. The predicted molar refractivity (Wildman–Crippen MR) is 91.0 cm³/mol. The van der Waals surface area contributed by atoms with Gasteiger partial charge in [-0.1, -0.05) is 26.7 Å². The van der Waals surface area contributed by atoms with Crippen molar-refractivity contribution >= 4 is 16.5 Å². The van der Waals surface area contributed by atoms with Crippen molar-refractivity contribution in [1.82, 2.24) is 4.98 Å². The highest BCUT2D eigenvalue weighted by atomic mass is 32.1. The van der Waals surface area contributed by atoms with Crippen LogP contribution in [0.1, 0.15) is 75.3 Å². The fourth-order valence-electron chi connectivity index (χ4n) is 4.06. The maximum atomic E-state index is 5.97. The standard InChI is InChI=1S/C17H29N3S/c1-3-12(2)16-15(11-18)21-17(19-16)20-10-6-8-13-7-4-5-9-14(13)20/h12-14H,3-11,18H2,1-2H3. The van der Waals surface area contributed by atoms with Crippen molar-refractivity contribution in [3.8, 4) is 0 Å². The van der Waals surface area contributed by atoms with Crippen molar-refractivity contribution in [2.75, 3.05) is 11.4 Å². The summed E-state index contributed by atoms with van der Waals surface area (Å²) in [5, 5.41) is 1.25. The number of anilines is 1. The Morgan fingerprint density at radius 2 is 2.05 bits per heavy atom. The summed E-state index contributed by atoms with van der Waals surface area (Å²) in [6.07, 6.45) is 9.51. The number of fused-ring (bicyclic) bond motifs is 1. The summed E-state index contributed by atoms with van der Waals surface area (Å²) >= 11 is 1.86. The van der Waals surface area contributed by atoms with Crippen molar-refractivity contribution < 1.29 is 0 Å². The molecule has 3 atom stereocenters. The third-order valence-electron chi connectivity index (χ3n) is 5.47. The molecule has 1 saturated carbocycles. The van der Waals surface area contributed by atoms with E-state index in [1.165, 1.54) is 60.8 Å². The molecule has 0 bridgehead atoms. The molecule has 3 nitrogen and oxygen atoms in total. The summed E-state index contributed by atoms with van der Waals surface area (Å²) in [5.41, 5.74) is 7.23. The molecule has 0 aromatic carbocycles. The first-order valence-corrected chi connectivity index (χ1v) is 9.52. The van der Waals surface area contributed by atoms with Gasteiger partial charge < -0.3 is 10.6 Å². The second-order valence-electron chi connectivity index (χ2n) is 6.77. The van der Waals surface area contributed by atoms with Gasteiger partial charge in [-0.25, -0.2) is 4.98 Å². The first kappa shape index (κ1) is 15.3. The third kappa shape index (κ3) is 2.98. The quantitative estimate of drug-likeness (QED) is 0.903. The average molecular weight is 308 g/mol. The van der Waals surface area contributed by atoms with Gasteiger partial charge in [0, 0.05) is 24.0 Å². The van der Waals surface area contributed by atoms with Gasteiger partial charge in [0.05, 0.1) is 5.69 Å². The molecule has 1 aromatic heterocycles. The minimum atomic E-state index is 0.528. The molecule has 0 spiro atoms. The highest BCUT2D eigenvalue weighted by molar-refractivity contribution is 7.15. The molecular formula is C17H29N3S. The van der Waals surface area contributed by atoms with Gasteiger partial charge in [0.1, 0.15) is 0 Å². The van der Waals surface area contributed by atoms with Crippen LogP contribution < -0.4 is 10.6 Å². The normalized spacial score (nSPS) is 27.5. The molecule has 3 unspecified atom stereocenters. The monoisotopic (exact) mass is 307 g/mol. The van der Waals surface area contributed by atoms with E-state index in [9.17, 15) is 0 Å². The fourth-order valence-corrected chi connectivity index (χ4v) is 5.20. The van der Waals surface area contributed by atoms with Crippen molar-refractivity contribution in [2.24, 2.45) is 11.7 Å². The lowest BCUT2D eigenvalue weighted by Gasteiger charge is -2.44. The Kier molecular flexibility index (Phi) is 4.85. The molecule has 4 heteroatoms. The maximum Gasteiger partial charge on any atom is 0.186 e. The van der Waals surface area contributed by atoms with Crippen LogP contribution in [0.5, 0.6) is 0 Å². The Morgan fingerprint density at radius 3 is 2.81 bits per heavy atom. The van der Waals surface area contributed by atoms with Crippen LogP contribution in [0, 0.1) is 5.92 Å². The van der Waals surface area contributed by atoms with Gasteiger partial charge in [-0.3, -0.25) is 0 Å². The van der Waals surface area contributed by atoms with Gasteiger partial charge >= 0.3 is 0 Å². The van der Waals surface area contributed by atoms with Crippen LogP contribution in [-0.4, -0.2) is 17.6 Å². The number of hydrogen-bond donors (Lipinski definition) is 1. The fraction of sp³-hybridized carbons (Fsp3) is 0.824. The Bertz CT molecular complexity index is 469. The van der Waals surface area contributed by atoms with E-state index < -0.39 is 0 Å². The van der Waals surface area contributed by atoms with E-state index >= 15 is 0 Å². The summed E-state index contributed by atoms with van der Waals surface area (Å²) in [6.45, 7) is 6.34. The van der Waals surface area contributed by atoms with E-state index in [4.69, 9.17) is 10.7 Å². The highest BCUT2D eigenvalue weighted by Crippen LogP contribution is 2.40. The van der Waals surface area contributed by atoms with Crippen molar-refractivity contribution in [2.45, 2.75) is 77.3 Å². The van der Waals surface area contributed by atoms with Gasteiger partial charge in [-0.15, -0.1) is 11.3 Å². The molecule has 1 aliphatic carbocycles. The number of aromatic nitrogens is 1. The van der Waals surface area contributed by atoms with Crippen LogP contribution in [0.2, 0.25) is 0 Å². The van der Waals surface area contributed by atoms with Crippen molar-refractivity contribution in [3.63, 3.8) is 0 Å². The summed E-state index contributed by atoms with van der Waals surface area (Å²) < 4.78 is 0. The molecule has 1 aliphatic heterocycles. The van der Waals surface area contributed by atoms with Gasteiger partial charge in [-0.2, -0.15) is 0 Å². The summed E-state index contributed by atoms with van der Waals surface area (Å²) in [6, 6.07) is 0.744. The number of nitrogens with zero attached hydrogens (tertiary/aromatic N) is 2. The van der Waals surface area contributed by atoms with Crippen molar-refractivity contribution in [3.05, 3.63) is 10.6 Å². The van der Waals surface area contributed by atoms with E-state index in [0.29, 0.717) is 12.5 Å². The molecule has 3 rings (SSSR count). The van der Waals surface area contributed by atoms with Gasteiger partial charge in [-0.05, 0) is 43.9 Å². The lowest BCUT2D eigenvalue weighted by Crippen LogP contribution is -2.46. The van der Waals surface area contributed by atoms with Gasteiger partial charge in [0.15, 0.2) is 5.13 Å². The van der Waals surface area contributed by atoms with Gasteiger partial charge in [0.25, 0.3) is 0 Å². The van der Waals surface area contributed by atoms with E-state index in [2.05, 4.69) is 18.7 Å². The van der Waals surface area contributed by atoms with E-state index in [1.807, 2.05) is 11.3 Å². The Balaban J connectivity index is 1.86. The average Bonchev–Trinajstić information content (AvgIpc) is 2.97. The van der Waals surface area contributed by atoms with Crippen LogP contribution in [0.4, 0.5) is 5.13 Å². The van der Waals surface area contributed by atoms with Crippen LogP contribution >= 0.6 is 11.3 Å². The minimum Gasteiger partial charge on any atom is -0.345 e. The molecule has 1 saturated heterocycles. The number of hydrogen-bond acceptors (Lipinski definition) is 4. The Hall–Kier alpha value is -0.610. The molecule has 2 N–H and O–H groups in total. The van der Waals surface area contributed by atoms with E-state index in [0.717, 1.165) is 18.4 Å². The molecule has 0 radical (unpaired) electrons. The third-order valence-corrected chi connectivity index (χ3v) is 6.60. The highest BCUT2D eigenvalue weighted by Gasteiger charge is 2.35. The van der Waals surface area contributed by atoms with Gasteiger partial charge in [0.2, 0.25) is 0 Å². The number of piperidine rings is 1. The van der Waals surface area contributed by atoms with Crippen LogP contribution in [0.3, 0.4) is 0 Å². The second-order valence-corrected chi connectivity index (χ2v) is 7.83. The predicted octanol–water partition coefficient (Wildman–Crippen LogP) is 4.27. The largest absolute Gasteiger partial charge is 0.345 e. The first-order chi connectivity index (χ1) is 10.2. The zero-order valence-corrected chi connectivity index (χ0v) is 14.3. The summed E-state index contributed by atoms with van der Waals surface area (Å²) in [5.74, 6) is 1.44. The number of thiazole rings is 1. The Labute approximate surface area is 132 Å². The lowest BCUT2D eigenvalue weighted by atomic mass is 9.78. The molecule has 0 amide bonds. The zero-order chi connectivity index (χ0) is 14.8. The van der Waals surface area contributed by atoms with Crippen LogP contribution in [0.15, 0.2) is 0 Å². The molecule has 118 valence electrons. The molecule has 1 aromatic rings. The smallest absolute Gasteiger partial charge is 0.186 e.